The zero-order valence-corrected chi connectivity index (χ0v) is 8.92. The van der Waals surface area contributed by atoms with Gasteiger partial charge in [0.05, 0.1) is 12.0 Å². The molecule has 0 amide bonds. The molecule has 0 aromatic carbocycles. The highest BCUT2D eigenvalue weighted by Gasteiger charge is 2.06. The Kier molecular flexibility index (Phi) is 4.59. The standard InChI is InChI=1S/C10H14O3S/c1-8(4-5-10(11)12)14-7-9-3-2-6-13-9/h2-3,6,8H,4-5,7H2,1H3,(H,11,12). The van der Waals surface area contributed by atoms with Crippen LogP contribution in [0.25, 0.3) is 0 Å². The van der Waals surface area contributed by atoms with Crippen LogP contribution in [-0.4, -0.2) is 16.3 Å². The number of furan rings is 1. The van der Waals surface area contributed by atoms with E-state index in [1.54, 1.807) is 18.0 Å². The number of hydrogen-bond acceptors (Lipinski definition) is 3. The molecule has 0 bridgehead atoms. The second-order valence-electron chi connectivity index (χ2n) is 3.13. The lowest BCUT2D eigenvalue weighted by Gasteiger charge is -2.07. The van der Waals surface area contributed by atoms with Gasteiger partial charge in [-0.1, -0.05) is 6.92 Å². The minimum atomic E-state index is -0.726. The maximum Gasteiger partial charge on any atom is 0.303 e. The van der Waals surface area contributed by atoms with Gasteiger partial charge >= 0.3 is 5.97 Å². The third-order valence-electron chi connectivity index (χ3n) is 1.85. The van der Waals surface area contributed by atoms with E-state index >= 15 is 0 Å². The lowest BCUT2D eigenvalue weighted by molar-refractivity contribution is -0.137. The predicted octanol–water partition coefficient (Wildman–Crippen LogP) is 2.77. The first kappa shape index (κ1) is 11.2. The molecule has 0 aliphatic rings. The molecule has 14 heavy (non-hydrogen) atoms. The van der Waals surface area contributed by atoms with Crippen LogP contribution in [0, 0.1) is 0 Å². The SMILES string of the molecule is CC(CCC(=O)O)SCc1ccco1. The largest absolute Gasteiger partial charge is 0.481 e. The first-order valence-corrected chi connectivity index (χ1v) is 5.59. The third-order valence-corrected chi connectivity index (χ3v) is 3.11. The molecule has 0 radical (unpaired) electrons. The summed E-state index contributed by atoms with van der Waals surface area (Å²) in [5, 5.41) is 8.84. The average Bonchev–Trinajstić information content (AvgIpc) is 2.63. The van der Waals surface area contributed by atoms with Crippen molar-refractivity contribution >= 4 is 17.7 Å². The van der Waals surface area contributed by atoms with Gasteiger partial charge in [-0.15, -0.1) is 0 Å². The Labute approximate surface area is 87.5 Å². The minimum absolute atomic E-state index is 0.242. The van der Waals surface area contributed by atoms with E-state index in [0.717, 1.165) is 11.5 Å². The maximum absolute atomic E-state index is 10.3. The van der Waals surface area contributed by atoms with Gasteiger partial charge in [0.15, 0.2) is 0 Å². The summed E-state index contributed by atoms with van der Waals surface area (Å²) in [5.41, 5.74) is 0. The molecule has 1 atom stereocenters. The van der Waals surface area contributed by atoms with Crippen LogP contribution in [0.2, 0.25) is 0 Å². The molecule has 1 aromatic rings. The van der Waals surface area contributed by atoms with Crippen LogP contribution in [0.1, 0.15) is 25.5 Å². The van der Waals surface area contributed by atoms with Crippen molar-refractivity contribution < 1.29 is 14.3 Å². The molecule has 1 unspecified atom stereocenters. The molecule has 1 aromatic heterocycles. The predicted molar refractivity (Wildman–Crippen MR) is 56.3 cm³/mol. The fourth-order valence-corrected chi connectivity index (χ4v) is 1.93. The molecular weight excluding hydrogens is 200 g/mol. The zero-order chi connectivity index (χ0) is 10.4. The Morgan fingerprint density at radius 3 is 3.07 bits per heavy atom. The van der Waals surface area contributed by atoms with E-state index in [2.05, 4.69) is 0 Å². The van der Waals surface area contributed by atoms with Crippen molar-refractivity contribution in [3.8, 4) is 0 Å². The van der Waals surface area contributed by atoms with Crippen LogP contribution in [0.5, 0.6) is 0 Å². The van der Waals surface area contributed by atoms with Crippen molar-refractivity contribution in [3.05, 3.63) is 24.2 Å². The fraction of sp³-hybridized carbons (Fsp3) is 0.500. The number of carbonyl (C=O) groups is 1. The fourth-order valence-electron chi connectivity index (χ4n) is 1.03. The summed E-state index contributed by atoms with van der Waals surface area (Å²) in [6, 6.07) is 3.79. The van der Waals surface area contributed by atoms with Crippen LogP contribution in [0.3, 0.4) is 0 Å². The first-order valence-electron chi connectivity index (χ1n) is 4.54. The molecule has 1 heterocycles. The van der Waals surface area contributed by atoms with Crippen molar-refractivity contribution in [2.45, 2.75) is 30.8 Å². The van der Waals surface area contributed by atoms with Gasteiger partial charge in [-0.2, -0.15) is 11.8 Å². The normalized spacial score (nSPS) is 12.6. The van der Waals surface area contributed by atoms with Gasteiger partial charge in [0.2, 0.25) is 0 Å². The summed E-state index contributed by atoms with van der Waals surface area (Å²) in [6.07, 6.45) is 2.60. The number of carboxylic acid groups (broad SMARTS) is 1. The minimum Gasteiger partial charge on any atom is -0.481 e. The van der Waals surface area contributed by atoms with Gasteiger partial charge in [-0.3, -0.25) is 4.79 Å². The molecule has 1 N–H and O–H groups in total. The van der Waals surface area contributed by atoms with Crippen molar-refractivity contribution in [1.82, 2.24) is 0 Å². The molecule has 1 rings (SSSR count). The number of hydrogen-bond donors (Lipinski definition) is 1. The van der Waals surface area contributed by atoms with Crippen molar-refractivity contribution in [2.75, 3.05) is 0 Å². The lowest BCUT2D eigenvalue weighted by atomic mass is 10.2. The lowest BCUT2D eigenvalue weighted by Crippen LogP contribution is -2.02. The number of carboxylic acids is 1. The second kappa shape index (κ2) is 5.75. The van der Waals surface area contributed by atoms with Gasteiger partial charge in [0, 0.05) is 11.7 Å². The molecule has 0 spiro atoms. The van der Waals surface area contributed by atoms with E-state index < -0.39 is 5.97 Å². The van der Waals surface area contributed by atoms with E-state index in [1.165, 1.54) is 0 Å². The van der Waals surface area contributed by atoms with Crippen molar-refractivity contribution in [3.63, 3.8) is 0 Å². The molecule has 0 aliphatic heterocycles. The van der Waals surface area contributed by atoms with Crippen LogP contribution in [-0.2, 0) is 10.5 Å². The molecular formula is C10H14O3S. The molecule has 0 saturated heterocycles. The molecule has 78 valence electrons. The first-order chi connectivity index (χ1) is 6.68. The zero-order valence-electron chi connectivity index (χ0n) is 8.10. The summed E-state index contributed by atoms with van der Waals surface area (Å²) in [5.74, 6) is 1.03. The smallest absolute Gasteiger partial charge is 0.303 e. The highest BCUT2D eigenvalue weighted by Crippen LogP contribution is 2.21. The Hall–Kier alpha value is -0.900. The van der Waals surface area contributed by atoms with Gasteiger partial charge in [-0.25, -0.2) is 0 Å². The van der Waals surface area contributed by atoms with Gasteiger partial charge in [-0.05, 0) is 18.6 Å². The number of aliphatic carboxylic acids is 1. The molecule has 0 aliphatic carbocycles. The summed E-state index contributed by atoms with van der Waals surface area (Å²) >= 11 is 1.72. The van der Waals surface area contributed by atoms with E-state index in [1.807, 2.05) is 19.1 Å². The third kappa shape index (κ3) is 4.37. The summed E-state index contributed by atoms with van der Waals surface area (Å²) in [7, 11) is 0. The van der Waals surface area contributed by atoms with Crippen LogP contribution in [0.15, 0.2) is 22.8 Å². The summed E-state index contributed by atoms with van der Waals surface area (Å²) < 4.78 is 5.17. The molecule has 0 saturated carbocycles. The van der Waals surface area contributed by atoms with Gasteiger partial charge in [0.1, 0.15) is 5.76 Å². The quantitative estimate of drug-likeness (QED) is 0.791. The van der Waals surface area contributed by atoms with Gasteiger partial charge < -0.3 is 9.52 Å². The molecule has 0 fully saturated rings. The molecule has 3 nitrogen and oxygen atoms in total. The average molecular weight is 214 g/mol. The summed E-state index contributed by atoms with van der Waals surface area (Å²) in [6.45, 7) is 2.04. The van der Waals surface area contributed by atoms with Crippen molar-refractivity contribution in [2.24, 2.45) is 0 Å². The number of thioether (sulfide) groups is 1. The number of rotatable bonds is 6. The second-order valence-corrected chi connectivity index (χ2v) is 4.56. The van der Waals surface area contributed by atoms with Crippen LogP contribution in [0.4, 0.5) is 0 Å². The monoisotopic (exact) mass is 214 g/mol. The van der Waals surface area contributed by atoms with Crippen LogP contribution >= 0.6 is 11.8 Å². The van der Waals surface area contributed by atoms with E-state index in [0.29, 0.717) is 11.7 Å². The van der Waals surface area contributed by atoms with Crippen LogP contribution < -0.4 is 0 Å². The van der Waals surface area contributed by atoms with E-state index in [-0.39, 0.29) is 6.42 Å². The van der Waals surface area contributed by atoms with Crippen molar-refractivity contribution in [1.29, 1.82) is 0 Å². The van der Waals surface area contributed by atoms with E-state index in [4.69, 9.17) is 9.52 Å². The Balaban J connectivity index is 2.15. The summed E-state index contributed by atoms with van der Waals surface area (Å²) in [4.78, 5) is 10.3. The highest BCUT2D eigenvalue weighted by molar-refractivity contribution is 7.99. The van der Waals surface area contributed by atoms with E-state index in [9.17, 15) is 4.79 Å². The Morgan fingerprint density at radius 2 is 2.50 bits per heavy atom. The molecule has 4 heteroatoms. The topological polar surface area (TPSA) is 50.4 Å². The highest BCUT2D eigenvalue weighted by atomic mass is 32.2. The Bertz CT molecular complexity index is 269. The van der Waals surface area contributed by atoms with Gasteiger partial charge in [0.25, 0.3) is 0 Å². The Morgan fingerprint density at radius 1 is 1.71 bits per heavy atom. The maximum atomic E-state index is 10.3.